The number of nitrogens with zero attached hydrogens (tertiary/aromatic N) is 4. The van der Waals surface area contributed by atoms with Gasteiger partial charge in [0, 0.05) is 6.07 Å². The Labute approximate surface area is 112 Å². The third kappa shape index (κ3) is 7.03. The van der Waals surface area contributed by atoms with E-state index in [4.69, 9.17) is 4.74 Å². The van der Waals surface area contributed by atoms with Crippen LogP contribution in [-0.4, -0.2) is 26.8 Å². The first-order valence-electron chi connectivity index (χ1n) is 5.48. The molecule has 0 amide bonds. The summed E-state index contributed by atoms with van der Waals surface area (Å²) in [4.78, 5) is 7.19. The molecule has 0 unspecified atom stereocenters. The lowest BCUT2D eigenvalue weighted by Gasteiger charge is -2.00. The Hall–Kier alpha value is -2.11. The van der Waals surface area contributed by atoms with Crippen LogP contribution >= 0.6 is 0 Å². The molecule has 0 bridgehead atoms. The van der Waals surface area contributed by atoms with E-state index >= 15 is 0 Å². The van der Waals surface area contributed by atoms with Crippen molar-refractivity contribution in [1.29, 1.82) is 0 Å². The van der Waals surface area contributed by atoms with Gasteiger partial charge in [0.25, 0.3) is 0 Å². The van der Waals surface area contributed by atoms with E-state index < -0.39 is 5.82 Å². The summed E-state index contributed by atoms with van der Waals surface area (Å²) in [5, 5.41) is 7.52. The predicted molar refractivity (Wildman–Crippen MR) is 71.4 cm³/mol. The van der Waals surface area contributed by atoms with Gasteiger partial charge in [-0.05, 0) is 20.8 Å². The van der Waals surface area contributed by atoms with Crippen molar-refractivity contribution in [2.24, 2.45) is 0 Å². The molecular formula is C13H19FN4O. The van der Waals surface area contributed by atoms with E-state index in [9.17, 15) is 4.39 Å². The quantitative estimate of drug-likeness (QED) is 0.836. The average Bonchev–Trinajstić information content (AvgIpc) is 2.34. The zero-order chi connectivity index (χ0) is 13.4. The largest absolute Gasteiger partial charge is 0.492 e. The molecule has 0 spiro atoms. The minimum atomic E-state index is -0.393. The first-order valence-corrected chi connectivity index (χ1v) is 5.48. The van der Waals surface area contributed by atoms with Gasteiger partial charge in [0.1, 0.15) is 11.6 Å². The van der Waals surface area contributed by atoms with Crippen molar-refractivity contribution in [1.82, 2.24) is 20.2 Å². The van der Waals surface area contributed by atoms with E-state index in [1.54, 1.807) is 13.1 Å². The molecule has 19 heavy (non-hydrogen) atoms. The lowest BCUT2D eigenvalue weighted by molar-refractivity contribution is 0.337. The van der Waals surface area contributed by atoms with Gasteiger partial charge >= 0.3 is 0 Å². The van der Waals surface area contributed by atoms with Gasteiger partial charge in [0.2, 0.25) is 0 Å². The van der Waals surface area contributed by atoms with Crippen molar-refractivity contribution in [2.45, 2.75) is 28.2 Å². The van der Waals surface area contributed by atoms with Gasteiger partial charge in [-0.2, -0.15) is 10.2 Å². The number of rotatable bonds is 2. The molecular weight excluding hydrogens is 247 g/mol. The maximum Gasteiger partial charge on any atom is 0.159 e. The molecule has 0 aromatic carbocycles. The van der Waals surface area contributed by atoms with Crippen molar-refractivity contribution in [2.75, 3.05) is 6.61 Å². The molecule has 0 aliphatic carbocycles. The standard InChI is InChI=1S/C7H10N2O.C5H5FN2.CH4/c1-3-10-7-4-6(2)9-8-5-7;1-4-7-2-5(6)3-8-4;/h4-5H,3H2,1-2H3;2-3H,1H3;1H4. The van der Waals surface area contributed by atoms with Gasteiger partial charge in [-0.1, -0.05) is 7.43 Å². The van der Waals surface area contributed by atoms with Gasteiger partial charge in [-0.15, -0.1) is 0 Å². The highest BCUT2D eigenvalue weighted by Gasteiger charge is 1.91. The molecule has 0 saturated heterocycles. The van der Waals surface area contributed by atoms with Crippen LogP contribution in [-0.2, 0) is 0 Å². The second-order valence-corrected chi connectivity index (χ2v) is 3.41. The first-order chi connectivity index (χ1) is 8.61. The molecule has 0 aliphatic rings. The highest BCUT2D eigenvalue weighted by Crippen LogP contribution is 2.07. The van der Waals surface area contributed by atoms with E-state index in [0.29, 0.717) is 12.4 Å². The Kier molecular flexibility index (Phi) is 7.92. The molecule has 2 aromatic rings. The van der Waals surface area contributed by atoms with E-state index in [1.165, 1.54) is 0 Å². The Morgan fingerprint density at radius 1 is 1.16 bits per heavy atom. The minimum Gasteiger partial charge on any atom is -0.492 e. The number of aromatic nitrogens is 4. The Balaban J connectivity index is 0.000000331. The molecule has 0 saturated carbocycles. The van der Waals surface area contributed by atoms with Crippen molar-refractivity contribution in [3.8, 4) is 5.75 Å². The van der Waals surface area contributed by atoms with Crippen molar-refractivity contribution < 1.29 is 9.13 Å². The zero-order valence-corrected chi connectivity index (χ0v) is 10.6. The molecule has 0 radical (unpaired) electrons. The Morgan fingerprint density at radius 3 is 2.26 bits per heavy atom. The van der Waals surface area contributed by atoms with Gasteiger partial charge < -0.3 is 4.74 Å². The topological polar surface area (TPSA) is 60.8 Å². The smallest absolute Gasteiger partial charge is 0.159 e. The maximum absolute atomic E-state index is 12.0. The van der Waals surface area contributed by atoms with Crippen LogP contribution in [0.3, 0.4) is 0 Å². The van der Waals surface area contributed by atoms with Crippen molar-refractivity contribution in [3.05, 3.63) is 42.0 Å². The monoisotopic (exact) mass is 266 g/mol. The Morgan fingerprint density at radius 2 is 1.79 bits per heavy atom. The average molecular weight is 266 g/mol. The number of aryl methyl sites for hydroxylation is 2. The van der Waals surface area contributed by atoms with Crippen LogP contribution in [0, 0.1) is 19.7 Å². The number of hydrogen-bond acceptors (Lipinski definition) is 5. The molecule has 6 heteroatoms. The lowest BCUT2D eigenvalue weighted by atomic mass is 10.4. The highest BCUT2D eigenvalue weighted by molar-refractivity contribution is 5.17. The summed E-state index contributed by atoms with van der Waals surface area (Å²) in [6, 6.07) is 1.86. The molecule has 2 heterocycles. The second kappa shape index (κ2) is 8.91. The highest BCUT2D eigenvalue weighted by atomic mass is 19.1. The van der Waals surface area contributed by atoms with Crippen LogP contribution in [0.5, 0.6) is 5.75 Å². The molecule has 2 rings (SSSR count). The summed E-state index contributed by atoms with van der Waals surface area (Å²) >= 11 is 0. The van der Waals surface area contributed by atoms with E-state index in [1.807, 2.05) is 19.9 Å². The summed E-state index contributed by atoms with van der Waals surface area (Å²) in [6.45, 7) is 6.20. The summed E-state index contributed by atoms with van der Waals surface area (Å²) in [5.41, 5.74) is 0.881. The number of halogens is 1. The van der Waals surface area contributed by atoms with Gasteiger partial charge in [-0.3, -0.25) is 0 Å². The van der Waals surface area contributed by atoms with Crippen LogP contribution in [0.15, 0.2) is 24.7 Å². The fourth-order valence-electron chi connectivity index (χ4n) is 1.07. The van der Waals surface area contributed by atoms with Crippen molar-refractivity contribution in [3.63, 3.8) is 0 Å². The zero-order valence-electron chi connectivity index (χ0n) is 10.6. The van der Waals surface area contributed by atoms with E-state index in [0.717, 1.165) is 23.8 Å². The number of ether oxygens (including phenoxy) is 1. The Bertz CT molecular complexity index is 455. The molecule has 0 aliphatic heterocycles. The van der Waals surface area contributed by atoms with Gasteiger partial charge in [-0.25, -0.2) is 14.4 Å². The summed E-state index contributed by atoms with van der Waals surface area (Å²) in [6.07, 6.45) is 3.89. The summed E-state index contributed by atoms with van der Waals surface area (Å²) in [7, 11) is 0. The molecule has 104 valence electrons. The van der Waals surface area contributed by atoms with Crippen LogP contribution in [0.4, 0.5) is 4.39 Å². The minimum absolute atomic E-state index is 0. The SMILES string of the molecule is C.CCOc1cnnc(C)c1.Cc1ncc(F)cn1. The lowest BCUT2D eigenvalue weighted by Crippen LogP contribution is -1.94. The normalized spacial score (nSPS) is 8.84. The predicted octanol–water partition coefficient (Wildman–Crippen LogP) is 2.74. The third-order valence-electron chi connectivity index (χ3n) is 1.81. The van der Waals surface area contributed by atoms with Crippen molar-refractivity contribution >= 4 is 0 Å². The first kappa shape index (κ1) is 16.9. The van der Waals surface area contributed by atoms with E-state index in [2.05, 4.69) is 20.2 Å². The van der Waals surface area contributed by atoms with Crippen LogP contribution in [0.1, 0.15) is 25.9 Å². The van der Waals surface area contributed by atoms with Gasteiger partial charge in [0.15, 0.2) is 5.82 Å². The van der Waals surface area contributed by atoms with Crippen LogP contribution in [0.2, 0.25) is 0 Å². The fourth-order valence-corrected chi connectivity index (χ4v) is 1.07. The van der Waals surface area contributed by atoms with Crippen LogP contribution in [0.25, 0.3) is 0 Å². The number of hydrogen-bond donors (Lipinski definition) is 0. The van der Waals surface area contributed by atoms with E-state index in [-0.39, 0.29) is 7.43 Å². The second-order valence-electron chi connectivity index (χ2n) is 3.41. The molecule has 0 fully saturated rings. The maximum atomic E-state index is 12.0. The summed E-state index contributed by atoms with van der Waals surface area (Å²) in [5.74, 6) is 0.983. The third-order valence-corrected chi connectivity index (χ3v) is 1.81. The van der Waals surface area contributed by atoms with Gasteiger partial charge in [0.05, 0.1) is 30.9 Å². The molecule has 0 atom stereocenters. The molecule has 5 nitrogen and oxygen atoms in total. The fraction of sp³-hybridized carbons (Fsp3) is 0.385. The summed E-state index contributed by atoms with van der Waals surface area (Å²) < 4.78 is 17.1. The molecule has 0 N–H and O–H groups in total. The molecule has 2 aromatic heterocycles. The van der Waals surface area contributed by atoms with Crippen LogP contribution < -0.4 is 4.74 Å².